The van der Waals surface area contributed by atoms with Gasteiger partial charge in [-0.2, -0.15) is 5.26 Å². The lowest BCUT2D eigenvalue weighted by molar-refractivity contribution is -0.117. The smallest absolute Gasteiger partial charge is 0.229 e. The van der Waals surface area contributed by atoms with Crippen LogP contribution in [0.1, 0.15) is 12.0 Å². The maximum Gasteiger partial charge on any atom is 0.229 e. The molecule has 0 radical (unpaired) electrons. The first-order chi connectivity index (χ1) is 7.63. The fourth-order valence-electron chi connectivity index (χ4n) is 1.77. The van der Waals surface area contributed by atoms with Gasteiger partial charge in [0.1, 0.15) is 6.07 Å². The third-order valence-corrected chi connectivity index (χ3v) is 2.81. The molecule has 2 rings (SSSR count). The number of halogens is 1. The number of hydrogen-bond donors (Lipinski definition) is 1. The predicted molar refractivity (Wildman–Crippen MR) is 59.1 cm³/mol. The summed E-state index contributed by atoms with van der Waals surface area (Å²) in [5.74, 6) is -0.189. The molecule has 0 aliphatic carbocycles. The van der Waals surface area contributed by atoms with Gasteiger partial charge >= 0.3 is 0 Å². The first-order valence-corrected chi connectivity index (χ1v) is 5.18. The maximum absolute atomic E-state index is 11.6. The summed E-state index contributed by atoms with van der Waals surface area (Å²) < 4.78 is 0. The second-order valence-corrected chi connectivity index (χ2v) is 4.02. The van der Waals surface area contributed by atoms with Crippen LogP contribution in [0.4, 0.5) is 5.69 Å². The van der Waals surface area contributed by atoms with Gasteiger partial charge in [0.2, 0.25) is 5.91 Å². The zero-order valence-corrected chi connectivity index (χ0v) is 9.11. The number of hydrogen-bond acceptors (Lipinski definition) is 3. The van der Waals surface area contributed by atoms with Crippen molar-refractivity contribution in [3.05, 3.63) is 28.8 Å². The molecule has 0 aromatic heterocycles. The SMILES string of the molecule is N#Cc1c(Cl)cccc1N1CC(O)CC1=O. The lowest BCUT2D eigenvalue weighted by atomic mass is 10.2. The Labute approximate surface area is 97.7 Å². The Morgan fingerprint density at radius 1 is 1.56 bits per heavy atom. The normalized spacial score (nSPS) is 19.9. The van der Waals surface area contributed by atoms with E-state index in [9.17, 15) is 9.90 Å². The van der Waals surface area contributed by atoms with E-state index in [1.807, 2.05) is 6.07 Å². The van der Waals surface area contributed by atoms with Crippen LogP contribution in [0.15, 0.2) is 18.2 Å². The summed E-state index contributed by atoms with van der Waals surface area (Å²) in [5, 5.41) is 18.7. The predicted octanol–water partition coefficient (Wildman–Crippen LogP) is 1.31. The van der Waals surface area contributed by atoms with Crippen LogP contribution in [0.3, 0.4) is 0 Å². The second kappa shape index (κ2) is 4.12. The van der Waals surface area contributed by atoms with Crippen molar-refractivity contribution < 1.29 is 9.90 Å². The zero-order chi connectivity index (χ0) is 11.7. The fourth-order valence-corrected chi connectivity index (χ4v) is 1.98. The van der Waals surface area contributed by atoms with Gasteiger partial charge < -0.3 is 10.0 Å². The number of rotatable bonds is 1. The molecular weight excluding hydrogens is 228 g/mol. The highest BCUT2D eigenvalue weighted by molar-refractivity contribution is 6.32. The highest BCUT2D eigenvalue weighted by Crippen LogP contribution is 2.29. The van der Waals surface area contributed by atoms with E-state index in [2.05, 4.69) is 0 Å². The summed E-state index contributed by atoms with van der Waals surface area (Å²) in [6.07, 6.45) is -0.574. The Morgan fingerprint density at radius 3 is 2.88 bits per heavy atom. The number of carbonyl (C=O) groups excluding carboxylic acids is 1. The monoisotopic (exact) mass is 236 g/mol. The van der Waals surface area contributed by atoms with Crippen LogP contribution in [0.25, 0.3) is 0 Å². The minimum absolute atomic E-state index is 0.0946. The van der Waals surface area contributed by atoms with Crippen LogP contribution in [0, 0.1) is 11.3 Å². The van der Waals surface area contributed by atoms with E-state index in [4.69, 9.17) is 16.9 Å². The molecule has 0 saturated carbocycles. The van der Waals surface area contributed by atoms with Crippen LogP contribution in [-0.2, 0) is 4.79 Å². The number of β-amino-alcohol motifs (C(OH)–C–C–N with tert-alkyl or cyclic N) is 1. The van der Waals surface area contributed by atoms with E-state index in [1.54, 1.807) is 18.2 Å². The Morgan fingerprint density at radius 2 is 2.31 bits per heavy atom. The molecule has 5 heteroatoms. The van der Waals surface area contributed by atoms with E-state index in [-0.39, 0.29) is 24.4 Å². The molecule has 1 heterocycles. The molecule has 1 aliphatic rings. The summed E-state index contributed by atoms with van der Waals surface area (Å²) in [6, 6.07) is 6.90. The third kappa shape index (κ3) is 1.75. The summed E-state index contributed by atoms with van der Waals surface area (Å²) >= 11 is 5.87. The van der Waals surface area contributed by atoms with Crippen molar-refractivity contribution in [3.8, 4) is 6.07 Å². The molecular formula is C11H9ClN2O2. The van der Waals surface area contributed by atoms with Gasteiger partial charge in [0.15, 0.2) is 0 Å². The molecule has 0 bridgehead atoms. The molecule has 82 valence electrons. The fraction of sp³-hybridized carbons (Fsp3) is 0.273. The molecule has 1 aromatic rings. The van der Waals surface area contributed by atoms with Gasteiger partial charge in [-0.05, 0) is 12.1 Å². The third-order valence-electron chi connectivity index (χ3n) is 2.50. The van der Waals surface area contributed by atoms with E-state index in [0.717, 1.165) is 0 Å². The molecule has 1 saturated heterocycles. The Bertz CT molecular complexity index is 481. The van der Waals surface area contributed by atoms with Gasteiger partial charge in [-0.3, -0.25) is 4.79 Å². The van der Waals surface area contributed by atoms with Gasteiger partial charge in [0.05, 0.1) is 35.3 Å². The lowest BCUT2D eigenvalue weighted by Gasteiger charge is -2.17. The molecule has 1 unspecified atom stereocenters. The van der Waals surface area contributed by atoms with Crippen molar-refractivity contribution in [3.63, 3.8) is 0 Å². The van der Waals surface area contributed by atoms with Crippen molar-refractivity contribution in [2.75, 3.05) is 11.4 Å². The summed E-state index contributed by atoms with van der Waals surface area (Å²) in [6.45, 7) is 0.216. The van der Waals surface area contributed by atoms with Gasteiger partial charge in [0, 0.05) is 0 Å². The summed E-state index contributed by atoms with van der Waals surface area (Å²) in [5.41, 5.74) is 0.739. The van der Waals surface area contributed by atoms with E-state index in [1.165, 1.54) is 4.90 Å². The van der Waals surface area contributed by atoms with Crippen molar-refractivity contribution in [1.82, 2.24) is 0 Å². The number of benzene rings is 1. The van der Waals surface area contributed by atoms with Crippen LogP contribution < -0.4 is 4.90 Å². The Hall–Kier alpha value is -1.57. The molecule has 0 spiro atoms. The molecule has 16 heavy (non-hydrogen) atoms. The average Bonchev–Trinajstić information content (AvgIpc) is 2.57. The van der Waals surface area contributed by atoms with Gasteiger partial charge in [-0.25, -0.2) is 0 Å². The Balaban J connectivity index is 2.45. The van der Waals surface area contributed by atoms with Crippen LogP contribution in [0.5, 0.6) is 0 Å². The van der Waals surface area contributed by atoms with Crippen LogP contribution in [-0.4, -0.2) is 23.7 Å². The van der Waals surface area contributed by atoms with Crippen LogP contribution >= 0.6 is 11.6 Å². The molecule has 1 atom stereocenters. The topological polar surface area (TPSA) is 64.3 Å². The quantitative estimate of drug-likeness (QED) is 0.800. The molecule has 4 nitrogen and oxygen atoms in total. The average molecular weight is 237 g/mol. The number of aliphatic hydroxyl groups excluding tert-OH is 1. The standard InChI is InChI=1S/C11H9ClN2O2/c12-9-2-1-3-10(8(9)5-13)14-6-7(15)4-11(14)16/h1-3,7,15H,4,6H2. The molecule has 1 amide bonds. The number of nitriles is 1. The second-order valence-electron chi connectivity index (χ2n) is 3.61. The number of aliphatic hydroxyl groups is 1. The van der Waals surface area contributed by atoms with E-state index < -0.39 is 6.10 Å². The highest BCUT2D eigenvalue weighted by atomic mass is 35.5. The number of amides is 1. The van der Waals surface area contributed by atoms with Crippen molar-refractivity contribution in [2.45, 2.75) is 12.5 Å². The van der Waals surface area contributed by atoms with Crippen molar-refractivity contribution in [2.24, 2.45) is 0 Å². The zero-order valence-electron chi connectivity index (χ0n) is 8.35. The van der Waals surface area contributed by atoms with Gasteiger partial charge in [0.25, 0.3) is 0 Å². The van der Waals surface area contributed by atoms with Gasteiger partial charge in [-0.15, -0.1) is 0 Å². The maximum atomic E-state index is 11.6. The van der Waals surface area contributed by atoms with Crippen LogP contribution in [0.2, 0.25) is 5.02 Å². The van der Waals surface area contributed by atoms with E-state index in [0.29, 0.717) is 10.7 Å². The molecule has 1 aromatic carbocycles. The number of anilines is 1. The molecule has 1 aliphatic heterocycles. The highest BCUT2D eigenvalue weighted by Gasteiger charge is 2.30. The molecule has 1 fully saturated rings. The lowest BCUT2D eigenvalue weighted by Crippen LogP contribution is -2.26. The largest absolute Gasteiger partial charge is 0.391 e. The first kappa shape index (κ1) is 10.9. The number of nitrogens with zero attached hydrogens (tertiary/aromatic N) is 2. The van der Waals surface area contributed by atoms with Crippen molar-refractivity contribution >= 4 is 23.2 Å². The summed E-state index contributed by atoms with van der Waals surface area (Å²) in [4.78, 5) is 13.0. The van der Waals surface area contributed by atoms with E-state index >= 15 is 0 Å². The van der Waals surface area contributed by atoms with Gasteiger partial charge in [-0.1, -0.05) is 17.7 Å². The first-order valence-electron chi connectivity index (χ1n) is 4.80. The molecule has 1 N–H and O–H groups in total. The number of carbonyl (C=O) groups is 1. The Kier molecular flexibility index (Phi) is 2.82. The summed E-state index contributed by atoms with van der Waals surface area (Å²) in [7, 11) is 0. The van der Waals surface area contributed by atoms with Crippen molar-refractivity contribution in [1.29, 1.82) is 5.26 Å². The minimum Gasteiger partial charge on any atom is -0.391 e. The minimum atomic E-state index is -0.668.